The fourth-order valence-electron chi connectivity index (χ4n) is 2.38. The second-order valence-corrected chi connectivity index (χ2v) is 5.38. The van der Waals surface area contributed by atoms with Crippen molar-refractivity contribution >= 4 is 28.3 Å². The predicted molar refractivity (Wildman–Crippen MR) is 89.6 cm³/mol. The van der Waals surface area contributed by atoms with Gasteiger partial charge in [-0.25, -0.2) is 9.97 Å². The lowest BCUT2D eigenvalue weighted by molar-refractivity contribution is 0.418. The average Bonchev–Trinajstić information content (AvgIpc) is 2.53. The molecule has 0 unspecified atom stereocenters. The zero-order chi connectivity index (χ0) is 15.5. The summed E-state index contributed by atoms with van der Waals surface area (Å²) in [6.07, 6.45) is 0. The third-order valence-corrected chi connectivity index (χ3v) is 3.57. The number of aryl methyl sites for hydroxylation is 1. The maximum atomic E-state index is 6.06. The molecule has 0 aliphatic heterocycles. The molecule has 0 aliphatic rings. The highest BCUT2D eigenvalue weighted by Gasteiger charge is 2.12. The van der Waals surface area contributed by atoms with Crippen LogP contribution in [0.15, 0.2) is 42.5 Å². The zero-order valence-electron chi connectivity index (χ0n) is 12.4. The molecule has 0 aliphatic carbocycles. The van der Waals surface area contributed by atoms with Crippen molar-refractivity contribution in [2.45, 2.75) is 13.5 Å². The summed E-state index contributed by atoms with van der Waals surface area (Å²) in [6, 6.07) is 14.1. The Morgan fingerprint density at radius 1 is 1.14 bits per heavy atom. The zero-order valence-corrected chi connectivity index (χ0v) is 13.2. The lowest BCUT2D eigenvalue weighted by Crippen LogP contribution is -2.04. The van der Waals surface area contributed by atoms with Gasteiger partial charge in [-0.05, 0) is 41.8 Å². The Labute approximate surface area is 134 Å². The van der Waals surface area contributed by atoms with Crippen LogP contribution in [-0.4, -0.2) is 17.1 Å². The fourth-order valence-corrected chi connectivity index (χ4v) is 2.55. The van der Waals surface area contributed by atoms with Crippen molar-refractivity contribution < 1.29 is 4.74 Å². The number of anilines is 1. The van der Waals surface area contributed by atoms with E-state index < -0.39 is 0 Å². The molecule has 2 aromatic carbocycles. The summed E-state index contributed by atoms with van der Waals surface area (Å²) in [5, 5.41) is 4.43. The van der Waals surface area contributed by atoms with Gasteiger partial charge in [-0.3, -0.25) is 0 Å². The molecular weight excluding hydrogens is 298 g/mol. The summed E-state index contributed by atoms with van der Waals surface area (Å²) in [4.78, 5) is 8.61. The SMILES string of the molecule is COc1cc(C)cc2c(NCc3ccccc3)nc(Cl)nc12. The van der Waals surface area contributed by atoms with Crippen LogP contribution in [0.4, 0.5) is 5.82 Å². The first kappa shape index (κ1) is 14.6. The number of methoxy groups -OCH3 is 1. The van der Waals surface area contributed by atoms with Crippen molar-refractivity contribution in [2.24, 2.45) is 0 Å². The molecule has 0 bridgehead atoms. The summed E-state index contributed by atoms with van der Waals surface area (Å²) in [5.41, 5.74) is 2.96. The van der Waals surface area contributed by atoms with Crippen LogP contribution in [-0.2, 0) is 6.54 Å². The molecule has 0 fully saturated rings. The summed E-state index contributed by atoms with van der Waals surface area (Å²) in [5.74, 6) is 1.41. The van der Waals surface area contributed by atoms with Crippen LogP contribution in [0.25, 0.3) is 10.9 Å². The smallest absolute Gasteiger partial charge is 0.225 e. The molecular formula is C17H16ClN3O. The van der Waals surface area contributed by atoms with Crippen molar-refractivity contribution in [1.29, 1.82) is 0 Å². The number of ether oxygens (including phenoxy) is 1. The third kappa shape index (κ3) is 2.97. The Bertz CT molecular complexity index is 806. The Morgan fingerprint density at radius 2 is 1.91 bits per heavy atom. The van der Waals surface area contributed by atoms with E-state index in [1.165, 1.54) is 5.56 Å². The van der Waals surface area contributed by atoms with Gasteiger partial charge >= 0.3 is 0 Å². The lowest BCUT2D eigenvalue weighted by Gasteiger charge is -2.12. The number of fused-ring (bicyclic) bond motifs is 1. The molecule has 1 aromatic heterocycles. The molecule has 4 nitrogen and oxygen atoms in total. The summed E-state index contributed by atoms with van der Waals surface area (Å²) >= 11 is 6.06. The molecule has 0 saturated carbocycles. The normalized spacial score (nSPS) is 10.7. The number of nitrogens with one attached hydrogen (secondary N) is 1. The highest BCUT2D eigenvalue weighted by atomic mass is 35.5. The maximum absolute atomic E-state index is 6.06. The van der Waals surface area contributed by atoms with E-state index in [9.17, 15) is 0 Å². The highest BCUT2D eigenvalue weighted by Crippen LogP contribution is 2.31. The van der Waals surface area contributed by atoms with E-state index in [1.807, 2.05) is 37.3 Å². The van der Waals surface area contributed by atoms with Crippen LogP contribution in [0.2, 0.25) is 5.28 Å². The number of halogens is 1. The van der Waals surface area contributed by atoms with E-state index >= 15 is 0 Å². The molecule has 22 heavy (non-hydrogen) atoms. The largest absolute Gasteiger partial charge is 0.494 e. The summed E-state index contributed by atoms with van der Waals surface area (Å²) < 4.78 is 5.40. The van der Waals surface area contributed by atoms with Crippen molar-refractivity contribution in [1.82, 2.24) is 9.97 Å². The van der Waals surface area contributed by atoms with Crippen LogP contribution in [0.3, 0.4) is 0 Å². The monoisotopic (exact) mass is 313 g/mol. The van der Waals surface area contributed by atoms with Crippen molar-refractivity contribution in [3.8, 4) is 5.75 Å². The number of hydrogen-bond donors (Lipinski definition) is 1. The predicted octanol–water partition coefficient (Wildman–Crippen LogP) is 4.21. The van der Waals surface area contributed by atoms with Gasteiger partial charge in [0.15, 0.2) is 0 Å². The van der Waals surface area contributed by atoms with E-state index in [2.05, 4.69) is 27.4 Å². The second kappa shape index (κ2) is 6.20. The van der Waals surface area contributed by atoms with Gasteiger partial charge in [-0.15, -0.1) is 0 Å². The highest BCUT2D eigenvalue weighted by molar-refractivity contribution is 6.29. The van der Waals surface area contributed by atoms with Gasteiger partial charge in [-0.2, -0.15) is 0 Å². The van der Waals surface area contributed by atoms with Crippen LogP contribution in [0.1, 0.15) is 11.1 Å². The minimum atomic E-state index is 0.199. The second-order valence-electron chi connectivity index (χ2n) is 5.04. The molecule has 3 aromatic rings. The molecule has 1 N–H and O–H groups in total. The molecule has 0 saturated heterocycles. The first-order valence-electron chi connectivity index (χ1n) is 6.97. The van der Waals surface area contributed by atoms with E-state index in [0.29, 0.717) is 23.6 Å². The van der Waals surface area contributed by atoms with Crippen molar-refractivity contribution in [2.75, 3.05) is 12.4 Å². The molecule has 0 radical (unpaired) electrons. The Hall–Kier alpha value is -2.33. The van der Waals surface area contributed by atoms with E-state index in [1.54, 1.807) is 7.11 Å². The number of hydrogen-bond acceptors (Lipinski definition) is 4. The van der Waals surface area contributed by atoms with Gasteiger partial charge in [0.25, 0.3) is 0 Å². The molecule has 0 atom stereocenters. The molecule has 5 heteroatoms. The fraction of sp³-hybridized carbons (Fsp3) is 0.176. The molecule has 0 spiro atoms. The van der Waals surface area contributed by atoms with Gasteiger partial charge in [0.05, 0.1) is 7.11 Å². The molecule has 3 rings (SSSR count). The van der Waals surface area contributed by atoms with Gasteiger partial charge in [-0.1, -0.05) is 30.3 Å². The lowest BCUT2D eigenvalue weighted by atomic mass is 10.1. The van der Waals surface area contributed by atoms with Crippen LogP contribution in [0.5, 0.6) is 5.75 Å². The Morgan fingerprint density at radius 3 is 2.64 bits per heavy atom. The van der Waals surface area contributed by atoms with Gasteiger partial charge in [0, 0.05) is 11.9 Å². The minimum absolute atomic E-state index is 0.199. The molecule has 1 heterocycles. The average molecular weight is 314 g/mol. The van der Waals surface area contributed by atoms with Crippen LogP contribution >= 0.6 is 11.6 Å². The summed E-state index contributed by atoms with van der Waals surface area (Å²) in [7, 11) is 1.63. The van der Waals surface area contributed by atoms with E-state index in [-0.39, 0.29) is 5.28 Å². The quantitative estimate of drug-likeness (QED) is 0.733. The molecule has 112 valence electrons. The van der Waals surface area contributed by atoms with Crippen LogP contribution < -0.4 is 10.1 Å². The van der Waals surface area contributed by atoms with Crippen LogP contribution in [0, 0.1) is 6.92 Å². The standard InChI is InChI=1S/C17H16ClN3O/c1-11-8-13-15(14(9-11)22-2)20-17(18)21-16(13)19-10-12-6-4-3-5-7-12/h3-9H,10H2,1-2H3,(H,19,20,21). The Balaban J connectivity index is 2.03. The summed E-state index contributed by atoms with van der Waals surface area (Å²) in [6.45, 7) is 2.68. The first-order valence-corrected chi connectivity index (χ1v) is 7.35. The van der Waals surface area contributed by atoms with E-state index in [4.69, 9.17) is 16.3 Å². The topological polar surface area (TPSA) is 47.0 Å². The van der Waals surface area contributed by atoms with Crippen molar-refractivity contribution in [3.05, 3.63) is 58.9 Å². The van der Waals surface area contributed by atoms with E-state index in [0.717, 1.165) is 10.9 Å². The minimum Gasteiger partial charge on any atom is -0.494 e. The third-order valence-electron chi connectivity index (χ3n) is 3.41. The van der Waals surface area contributed by atoms with Gasteiger partial charge in [0.2, 0.25) is 5.28 Å². The number of benzene rings is 2. The number of rotatable bonds is 4. The van der Waals surface area contributed by atoms with Gasteiger partial charge < -0.3 is 10.1 Å². The molecule has 0 amide bonds. The number of aromatic nitrogens is 2. The number of nitrogens with zero attached hydrogens (tertiary/aromatic N) is 2. The Kier molecular flexibility index (Phi) is 4.11. The maximum Gasteiger partial charge on any atom is 0.225 e. The first-order chi connectivity index (χ1) is 10.7. The van der Waals surface area contributed by atoms with Crippen molar-refractivity contribution in [3.63, 3.8) is 0 Å². The van der Waals surface area contributed by atoms with Gasteiger partial charge in [0.1, 0.15) is 17.1 Å².